The molecule has 0 aromatic rings. The fourth-order valence-electron chi connectivity index (χ4n) is 1.69. The van der Waals surface area contributed by atoms with Crippen LogP contribution in [0.1, 0.15) is 12.8 Å². The molecular formula is C9H21N3O3S. The molecule has 0 amide bonds. The summed E-state index contributed by atoms with van der Waals surface area (Å²) in [6.45, 7) is 3.22. The van der Waals surface area contributed by atoms with Gasteiger partial charge in [0, 0.05) is 20.2 Å². The van der Waals surface area contributed by atoms with Gasteiger partial charge < -0.3 is 10.1 Å². The molecule has 0 aliphatic carbocycles. The average Bonchev–Trinajstić information content (AvgIpc) is 2.70. The molecule has 0 aromatic heterocycles. The molecule has 16 heavy (non-hydrogen) atoms. The summed E-state index contributed by atoms with van der Waals surface area (Å²) in [4.78, 5) is 0. The van der Waals surface area contributed by atoms with Crippen LogP contribution in [0.3, 0.4) is 0 Å². The van der Waals surface area contributed by atoms with E-state index in [0.717, 1.165) is 25.9 Å². The first kappa shape index (κ1) is 13.9. The van der Waals surface area contributed by atoms with Gasteiger partial charge in [-0.25, -0.2) is 4.72 Å². The van der Waals surface area contributed by atoms with Crippen LogP contribution in [0.15, 0.2) is 0 Å². The predicted octanol–water partition coefficient (Wildman–Crippen LogP) is -0.944. The molecule has 0 bridgehead atoms. The largest absolute Gasteiger partial charge is 0.383 e. The van der Waals surface area contributed by atoms with E-state index in [4.69, 9.17) is 4.74 Å². The number of rotatable bonds is 8. The Balaban J connectivity index is 2.09. The summed E-state index contributed by atoms with van der Waals surface area (Å²) in [6, 6.07) is 0. The number of ether oxygens (including phenoxy) is 1. The molecule has 0 aromatic carbocycles. The zero-order valence-electron chi connectivity index (χ0n) is 9.66. The standard InChI is InChI=1S/C9H21N3O3S/c1-15-7-6-12-16(13,14)11-5-3-9-2-4-10-8-9/h9-12H,2-8H2,1H3. The average molecular weight is 251 g/mol. The Morgan fingerprint density at radius 1 is 1.38 bits per heavy atom. The molecule has 1 rings (SSSR count). The van der Waals surface area contributed by atoms with E-state index in [2.05, 4.69) is 14.8 Å². The minimum absolute atomic E-state index is 0.302. The lowest BCUT2D eigenvalue weighted by Crippen LogP contribution is -2.39. The number of methoxy groups -OCH3 is 1. The van der Waals surface area contributed by atoms with E-state index in [1.807, 2.05) is 0 Å². The minimum atomic E-state index is -3.35. The number of hydrogen-bond acceptors (Lipinski definition) is 4. The monoisotopic (exact) mass is 251 g/mol. The van der Waals surface area contributed by atoms with Crippen molar-refractivity contribution in [3.05, 3.63) is 0 Å². The third kappa shape index (κ3) is 5.76. The summed E-state index contributed by atoms with van der Waals surface area (Å²) in [5.41, 5.74) is 0. The number of hydrogen-bond donors (Lipinski definition) is 3. The summed E-state index contributed by atoms with van der Waals surface area (Å²) < 4.78 is 32.5. The van der Waals surface area contributed by atoms with Gasteiger partial charge in [0.05, 0.1) is 6.61 Å². The molecule has 1 aliphatic rings. The van der Waals surface area contributed by atoms with Gasteiger partial charge in [-0.3, -0.25) is 0 Å². The van der Waals surface area contributed by atoms with Crippen LogP contribution in [-0.2, 0) is 14.9 Å². The van der Waals surface area contributed by atoms with E-state index in [-0.39, 0.29) is 0 Å². The predicted molar refractivity (Wildman–Crippen MR) is 62.4 cm³/mol. The third-order valence-corrected chi connectivity index (χ3v) is 3.77. The first-order valence-corrected chi connectivity index (χ1v) is 7.06. The summed E-state index contributed by atoms with van der Waals surface area (Å²) in [5, 5.41) is 3.25. The van der Waals surface area contributed by atoms with Crippen LogP contribution in [-0.4, -0.2) is 48.3 Å². The van der Waals surface area contributed by atoms with E-state index in [0.29, 0.717) is 25.6 Å². The highest BCUT2D eigenvalue weighted by Gasteiger charge is 2.15. The van der Waals surface area contributed by atoms with Crippen molar-refractivity contribution in [1.82, 2.24) is 14.8 Å². The van der Waals surface area contributed by atoms with E-state index < -0.39 is 10.2 Å². The lowest BCUT2D eigenvalue weighted by molar-refractivity contribution is 0.204. The maximum atomic E-state index is 11.4. The third-order valence-electron chi connectivity index (χ3n) is 2.61. The van der Waals surface area contributed by atoms with Crippen molar-refractivity contribution in [3.8, 4) is 0 Å². The Morgan fingerprint density at radius 2 is 2.12 bits per heavy atom. The Morgan fingerprint density at radius 3 is 2.75 bits per heavy atom. The van der Waals surface area contributed by atoms with Crippen LogP contribution in [0.25, 0.3) is 0 Å². The van der Waals surface area contributed by atoms with Crippen LogP contribution in [0.4, 0.5) is 0 Å². The van der Waals surface area contributed by atoms with E-state index in [1.54, 1.807) is 0 Å². The minimum Gasteiger partial charge on any atom is -0.383 e. The highest BCUT2D eigenvalue weighted by molar-refractivity contribution is 7.87. The molecular weight excluding hydrogens is 230 g/mol. The first-order chi connectivity index (χ1) is 7.64. The van der Waals surface area contributed by atoms with Crippen molar-refractivity contribution in [2.75, 3.05) is 39.9 Å². The van der Waals surface area contributed by atoms with E-state index >= 15 is 0 Å². The molecule has 0 radical (unpaired) electrons. The Bertz CT molecular complexity index is 276. The topological polar surface area (TPSA) is 79.5 Å². The molecule has 7 heteroatoms. The zero-order valence-corrected chi connectivity index (χ0v) is 10.5. The van der Waals surface area contributed by atoms with Gasteiger partial charge >= 0.3 is 0 Å². The van der Waals surface area contributed by atoms with Crippen LogP contribution in [0.2, 0.25) is 0 Å². The maximum Gasteiger partial charge on any atom is 0.276 e. The summed E-state index contributed by atoms with van der Waals surface area (Å²) in [5.74, 6) is 0.599. The Labute approximate surface area is 97.3 Å². The summed E-state index contributed by atoms with van der Waals surface area (Å²) in [6.07, 6.45) is 2.02. The van der Waals surface area contributed by atoms with Gasteiger partial charge in [-0.2, -0.15) is 13.1 Å². The van der Waals surface area contributed by atoms with Crippen LogP contribution in [0.5, 0.6) is 0 Å². The molecule has 0 saturated carbocycles. The van der Waals surface area contributed by atoms with Crippen molar-refractivity contribution in [2.45, 2.75) is 12.8 Å². The van der Waals surface area contributed by atoms with Crippen LogP contribution < -0.4 is 14.8 Å². The van der Waals surface area contributed by atoms with Gasteiger partial charge in [-0.05, 0) is 31.8 Å². The molecule has 1 atom stereocenters. The van der Waals surface area contributed by atoms with E-state index in [1.165, 1.54) is 7.11 Å². The van der Waals surface area contributed by atoms with Crippen LogP contribution >= 0.6 is 0 Å². The van der Waals surface area contributed by atoms with Gasteiger partial charge in [-0.15, -0.1) is 0 Å². The van der Waals surface area contributed by atoms with Crippen molar-refractivity contribution in [2.24, 2.45) is 5.92 Å². The maximum absolute atomic E-state index is 11.4. The molecule has 1 fully saturated rings. The van der Waals surface area contributed by atoms with Gasteiger partial charge in [0.1, 0.15) is 0 Å². The lowest BCUT2D eigenvalue weighted by Gasteiger charge is -2.10. The van der Waals surface area contributed by atoms with E-state index in [9.17, 15) is 8.42 Å². The van der Waals surface area contributed by atoms with Crippen molar-refractivity contribution < 1.29 is 13.2 Å². The summed E-state index contributed by atoms with van der Waals surface area (Å²) in [7, 11) is -1.81. The van der Waals surface area contributed by atoms with Gasteiger partial charge in [-0.1, -0.05) is 0 Å². The summed E-state index contributed by atoms with van der Waals surface area (Å²) >= 11 is 0. The SMILES string of the molecule is COCCNS(=O)(=O)NCCC1CCNC1. The van der Waals surface area contributed by atoms with Crippen LogP contribution in [0, 0.1) is 5.92 Å². The van der Waals surface area contributed by atoms with Gasteiger partial charge in [0.2, 0.25) is 0 Å². The molecule has 1 heterocycles. The zero-order chi connectivity index (χ0) is 11.9. The molecule has 0 spiro atoms. The highest BCUT2D eigenvalue weighted by Crippen LogP contribution is 2.10. The second-order valence-electron chi connectivity index (χ2n) is 3.93. The molecule has 96 valence electrons. The lowest BCUT2D eigenvalue weighted by atomic mass is 10.1. The number of nitrogens with one attached hydrogen (secondary N) is 3. The molecule has 6 nitrogen and oxygen atoms in total. The van der Waals surface area contributed by atoms with Gasteiger partial charge in [0.25, 0.3) is 10.2 Å². The second-order valence-corrected chi connectivity index (χ2v) is 5.52. The second kappa shape index (κ2) is 7.18. The molecule has 1 aliphatic heterocycles. The van der Waals surface area contributed by atoms with Crippen molar-refractivity contribution in [1.29, 1.82) is 0 Å². The molecule has 1 unspecified atom stereocenters. The molecule has 1 saturated heterocycles. The fourth-order valence-corrected chi connectivity index (χ4v) is 2.53. The quantitative estimate of drug-likeness (QED) is 0.486. The van der Waals surface area contributed by atoms with Gasteiger partial charge in [0.15, 0.2) is 0 Å². The smallest absolute Gasteiger partial charge is 0.276 e. The Kier molecular flexibility index (Phi) is 6.22. The van der Waals surface area contributed by atoms with Crippen molar-refractivity contribution >= 4 is 10.2 Å². The molecule has 3 N–H and O–H groups in total. The first-order valence-electron chi connectivity index (χ1n) is 5.58. The van der Waals surface area contributed by atoms with Crippen molar-refractivity contribution in [3.63, 3.8) is 0 Å². The highest BCUT2D eigenvalue weighted by atomic mass is 32.2. The normalized spacial score (nSPS) is 21.4. The fraction of sp³-hybridized carbons (Fsp3) is 1.00. The Hall–Kier alpha value is -0.210.